The summed E-state index contributed by atoms with van der Waals surface area (Å²) in [5, 5.41) is 0. The molecule has 0 saturated heterocycles. The highest BCUT2D eigenvalue weighted by Crippen LogP contribution is 2.29. The molecule has 19 heavy (non-hydrogen) atoms. The van der Waals surface area contributed by atoms with Gasteiger partial charge in [0.2, 0.25) is 11.5 Å². The van der Waals surface area contributed by atoms with Crippen LogP contribution in [0.25, 0.3) is 22.4 Å². The molecule has 1 aromatic heterocycles. The quantitative estimate of drug-likeness (QED) is 0.773. The van der Waals surface area contributed by atoms with Crippen LogP contribution in [0, 0.1) is 6.92 Å². The molecule has 0 atom stereocenters. The third kappa shape index (κ3) is 2.08. The van der Waals surface area contributed by atoms with Crippen molar-refractivity contribution in [2.75, 3.05) is 0 Å². The molecule has 4 nitrogen and oxygen atoms in total. The summed E-state index contributed by atoms with van der Waals surface area (Å²) >= 11 is 0.222. The van der Waals surface area contributed by atoms with Crippen molar-refractivity contribution in [3.63, 3.8) is 0 Å². The topological polar surface area (TPSA) is 58.1 Å². The normalized spacial score (nSPS) is 10.6. The van der Waals surface area contributed by atoms with Crippen LogP contribution < -0.4 is 0 Å². The molecule has 5 heteroatoms. The van der Waals surface area contributed by atoms with Crippen LogP contribution in [0.4, 0.5) is 5.69 Å². The fraction of sp³-hybridized carbons (Fsp3) is 0.0714. The van der Waals surface area contributed by atoms with Gasteiger partial charge >= 0.3 is 0 Å². The molecule has 0 aliphatic rings. The second-order valence-electron chi connectivity index (χ2n) is 4.22. The molecule has 1 N–H and O–H groups in total. The third-order valence-electron chi connectivity index (χ3n) is 3.09. The summed E-state index contributed by atoms with van der Waals surface area (Å²) in [4.78, 5) is 7.85. The van der Waals surface area contributed by atoms with Gasteiger partial charge < -0.3 is 4.98 Å². The molecule has 0 saturated carbocycles. The van der Waals surface area contributed by atoms with Gasteiger partial charge in [-0.3, -0.25) is 0 Å². The zero-order chi connectivity index (χ0) is 13.2. The van der Waals surface area contributed by atoms with Crippen LogP contribution in [0.3, 0.4) is 0 Å². The van der Waals surface area contributed by atoms with E-state index in [4.69, 9.17) is 0 Å². The van der Waals surface area contributed by atoms with Gasteiger partial charge in [0.1, 0.15) is 5.82 Å². The highest BCUT2D eigenvalue weighted by Gasteiger charge is 2.09. The molecule has 3 aromatic rings. The molecule has 0 fully saturated rings. The van der Waals surface area contributed by atoms with Gasteiger partial charge in [-0.2, -0.15) is 8.57 Å². The maximum Gasteiger partial charge on any atom is 0.205 e. The van der Waals surface area contributed by atoms with Crippen molar-refractivity contribution in [2.45, 2.75) is 6.92 Å². The number of imidazole rings is 1. The smallest absolute Gasteiger partial charge is 0.205 e. The number of nitrogens with one attached hydrogen (secondary N) is 1. The molecule has 0 radical (unpaired) electrons. The van der Waals surface area contributed by atoms with E-state index in [1.54, 1.807) is 0 Å². The molecule has 1 heterocycles. The minimum absolute atomic E-state index is 0.222. The summed E-state index contributed by atoms with van der Waals surface area (Å²) in [6.45, 7) is 1.94. The van der Waals surface area contributed by atoms with E-state index in [-0.39, 0.29) is 11.5 Å². The lowest BCUT2D eigenvalue weighted by molar-refractivity contribution is 0.698. The van der Waals surface area contributed by atoms with Gasteiger partial charge in [-0.1, -0.05) is 24.3 Å². The fourth-order valence-electron chi connectivity index (χ4n) is 2.10. The summed E-state index contributed by atoms with van der Waals surface area (Å²) in [6, 6.07) is 13.6. The third-order valence-corrected chi connectivity index (χ3v) is 3.36. The number of fused-ring (bicyclic) bond motifs is 1. The number of nitrogens with zero attached hydrogens (tertiary/aromatic N) is 2. The number of hydrogen-bond acceptors (Lipinski definition) is 3. The number of hydrogen-bond donors (Lipinski definition) is 1. The first-order valence-electron chi connectivity index (χ1n) is 5.84. The average molecular weight is 269 g/mol. The molecule has 94 valence electrons. The van der Waals surface area contributed by atoms with Crippen LogP contribution in [0.5, 0.6) is 0 Å². The van der Waals surface area contributed by atoms with Gasteiger partial charge in [0, 0.05) is 5.56 Å². The van der Waals surface area contributed by atoms with Gasteiger partial charge in [-0.25, -0.2) is 4.98 Å². The molecule has 0 bridgehead atoms. The van der Waals surface area contributed by atoms with Gasteiger partial charge in [0.05, 0.1) is 16.7 Å². The lowest BCUT2D eigenvalue weighted by atomic mass is 10.1. The molecule has 0 spiro atoms. The number of H-pyrrole nitrogens is 1. The van der Waals surface area contributed by atoms with Crippen LogP contribution >= 0.6 is 0 Å². The lowest BCUT2D eigenvalue weighted by Crippen LogP contribution is -1.85. The Balaban J connectivity index is 2.21. The van der Waals surface area contributed by atoms with Gasteiger partial charge in [0.15, 0.2) is 0 Å². The van der Waals surface area contributed by atoms with Crippen molar-refractivity contribution >= 4 is 28.2 Å². The monoisotopic (exact) mass is 269 g/mol. The van der Waals surface area contributed by atoms with Crippen LogP contribution in [0.2, 0.25) is 0 Å². The Kier molecular flexibility index (Phi) is 2.97. The number of para-hydroxylation sites is 2. The Morgan fingerprint density at radius 1 is 1.16 bits per heavy atom. The highest BCUT2D eigenvalue weighted by molar-refractivity contribution is 7.54. The van der Waals surface area contributed by atoms with Crippen molar-refractivity contribution in [1.82, 2.24) is 9.97 Å². The Morgan fingerprint density at radius 3 is 2.79 bits per heavy atom. The van der Waals surface area contributed by atoms with Crippen molar-refractivity contribution in [1.29, 1.82) is 0 Å². The second-order valence-corrected chi connectivity index (χ2v) is 4.55. The van der Waals surface area contributed by atoms with E-state index in [2.05, 4.69) is 14.3 Å². The molecular weight excluding hydrogens is 258 g/mol. The first-order valence-corrected chi connectivity index (χ1v) is 6.54. The second kappa shape index (κ2) is 4.78. The first kappa shape index (κ1) is 11.8. The summed E-state index contributed by atoms with van der Waals surface area (Å²) in [7, 11) is 0. The van der Waals surface area contributed by atoms with Crippen LogP contribution in [0.15, 0.2) is 46.8 Å². The van der Waals surface area contributed by atoms with Crippen molar-refractivity contribution in [2.24, 2.45) is 4.36 Å². The van der Waals surface area contributed by atoms with Crippen molar-refractivity contribution < 1.29 is 4.21 Å². The molecular formula is C14H11N3OS. The van der Waals surface area contributed by atoms with E-state index < -0.39 is 0 Å². The average Bonchev–Trinajstić information content (AvgIpc) is 2.85. The summed E-state index contributed by atoms with van der Waals surface area (Å²) in [5.41, 5.74) is 4.53. The predicted molar refractivity (Wildman–Crippen MR) is 76.5 cm³/mol. The van der Waals surface area contributed by atoms with Crippen LogP contribution in [0.1, 0.15) is 5.56 Å². The van der Waals surface area contributed by atoms with Gasteiger partial charge in [0.25, 0.3) is 0 Å². The maximum atomic E-state index is 10.6. The number of aromatic nitrogens is 2. The Labute approximate surface area is 113 Å². The van der Waals surface area contributed by atoms with Crippen molar-refractivity contribution in [3.8, 4) is 11.4 Å². The van der Waals surface area contributed by atoms with E-state index in [9.17, 15) is 4.21 Å². The van der Waals surface area contributed by atoms with E-state index in [0.717, 1.165) is 28.0 Å². The molecule has 0 unspecified atom stereocenters. The Hall–Kier alpha value is -2.27. The minimum Gasteiger partial charge on any atom is -0.338 e. The molecule has 3 rings (SSSR count). The van der Waals surface area contributed by atoms with Gasteiger partial charge in [-0.05, 0) is 30.7 Å². The highest BCUT2D eigenvalue weighted by atomic mass is 32.1. The zero-order valence-electron chi connectivity index (χ0n) is 10.3. The Morgan fingerprint density at radius 2 is 2.00 bits per heavy atom. The standard InChI is InChI=1S/C14H11N3OS/c1-9-10(5-4-8-11(9)17-19-18)14-15-12-6-2-3-7-13(12)16-14/h2-8H,1H3,(H,15,16). The minimum atomic E-state index is 0.222. The van der Waals surface area contributed by atoms with E-state index in [1.165, 1.54) is 0 Å². The first-order chi connectivity index (χ1) is 9.29. The number of aromatic amines is 1. The molecule has 0 aliphatic carbocycles. The zero-order valence-corrected chi connectivity index (χ0v) is 11.1. The molecule has 2 aromatic carbocycles. The van der Waals surface area contributed by atoms with Crippen LogP contribution in [-0.4, -0.2) is 14.2 Å². The Bertz CT molecular complexity index is 770. The summed E-state index contributed by atoms with van der Waals surface area (Å²) in [6.07, 6.45) is 0. The maximum absolute atomic E-state index is 10.6. The van der Waals surface area contributed by atoms with Crippen LogP contribution in [-0.2, 0) is 11.5 Å². The number of benzene rings is 2. The molecule has 0 amide bonds. The van der Waals surface area contributed by atoms with E-state index in [1.807, 2.05) is 49.4 Å². The molecule has 0 aliphatic heterocycles. The largest absolute Gasteiger partial charge is 0.338 e. The van der Waals surface area contributed by atoms with Crippen molar-refractivity contribution in [3.05, 3.63) is 48.0 Å². The predicted octanol–water partition coefficient (Wildman–Crippen LogP) is 3.57. The van der Waals surface area contributed by atoms with E-state index >= 15 is 0 Å². The SMILES string of the molecule is Cc1c(N=S=O)cccc1-c1nc2ccccc2[nH]1. The van der Waals surface area contributed by atoms with Gasteiger partial charge in [-0.15, -0.1) is 0 Å². The number of rotatable bonds is 2. The lowest BCUT2D eigenvalue weighted by Gasteiger charge is -2.04. The summed E-state index contributed by atoms with van der Waals surface area (Å²) in [5.74, 6) is 0.798. The summed E-state index contributed by atoms with van der Waals surface area (Å²) < 4.78 is 14.4. The van der Waals surface area contributed by atoms with E-state index in [0.29, 0.717) is 5.69 Å². The fourth-order valence-corrected chi connectivity index (χ4v) is 2.38.